The maximum atomic E-state index is 9.80. The second kappa shape index (κ2) is 3.99. The van der Waals surface area contributed by atoms with E-state index in [1.165, 1.54) is 10.8 Å². The number of hydrogen-bond acceptors (Lipinski definition) is 2. The van der Waals surface area contributed by atoms with Crippen molar-refractivity contribution in [1.29, 1.82) is 0 Å². The topological polar surface area (TPSA) is 32.3 Å². The zero-order valence-electron chi connectivity index (χ0n) is 10.9. The highest BCUT2D eigenvalue weighted by molar-refractivity contribution is 5.93. The van der Waals surface area contributed by atoms with Crippen LogP contribution in [0.2, 0.25) is 0 Å². The summed E-state index contributed by atoms with van der Waals surface area (Å²) in [6, 6.07) is 15.0. The van der Waals surface area contributed by atoms with Crippen molar-refractivity contribution < 1.29 is 5.11 Å². The fraction of sp³-hybridized carbons (Fsp3) is 0.375. The molecule has 1 aliphatic rings. The molecule has 94 valence electrons. The van der Waals surface area contributed by atoms with Gasteiger partial charge in [0.05, 0.1) is 6.10 Å². The lowest BCUT2D eigenvalue weighted by atomic mass is 9.64. The molecule has 1 aliphatic carbocycles. The number of nitrogens with one attached hydrogen (secondary N) is 1. The third-order valence-electron chi connectivity index (χ3n) is 4.34. The quantitative estimate of drug-likeness (QED) is 0.844. The van der Waals surface area contributed by atoms with Crippen molar-refractivity contribution in [2.24, 2.45) is 5.41 Å². The lowest BCUT2D eigenvalue weighted by molar-refractivity contribution is -0.0510. The Bertz CT molecular complexity index is 571. The summed E-state index contributed by atoms with van der Waals surface area (Å²) in [5.74, 6) is 0. The Balaban J connectivity index is 1.92. The molecule has 0 amide bonds. The van der Waals surface area contributed by atoms with Gasteiger partial charge in [0.1, 0.15) is 0 Å². The summed E-state index contributed by atoms with van der Waals surface area (Å²) < 4.78 is 0. The van der Waals surface area contributed by atoms with Crippen molar-refractivity contribution in [3.8, 4) is 0 Å². The van der Waals surface area contributed by atoms with E-state index in [1.807, 2.05) is 0 Å². The Labute approximate surface area is 108 Å². The van der Waals surface area contributed by atoms with E-state index < -0.39 is 0 Å². The number of aliphatic hydroxyl groups is 1. The minimum absolute atomic E-state index is 0.0447. The normalized spacial score (nSPS) is 25.7. The zero-order chi connectivity index (χ0) is 12.8. The lowest BCUT2D eigenvalue weighted by Gasteiger charge is -2.50. The Morgan fingerprint density at radius 1 is 1.11 bits per heavy atom. The van der Waals surface area contributed by atoms with Gasteiger partial charge in [0, 0.05) is 22.5 Å². The van der Waals surface area contributed by atoms with Crippen molar-refractivity contribution >= 4 is 16.5 Å². The Kier molecular flexibility index (Phi) is 2.56. The molecule has 0 aromatic heterocycles. The summed E-state index contributed by atoms with van der Waals surface area (Å²) in [4.78, 5) is 0. The maximum Gasteiger partial charge on any atom is 0.0630 e. The van der Waals surface area contributed by atoms with Gasteiger partial charge in [-0.2, -0.15) is 0 Å². The van der Waals surface area contributed by atoms with Gasteiger partial charge < -0.3 is 10.4 Å². The van der Waals surface area contributed by atoms with E-state index in [-0.39, 0.29) is 11.5 Å². The highest BCUT2D eigenvalue weighted by Crippen LogP contribution is 2.42. The van der Waals surface area contributed by atoms with Crippen LogP contribution in [0.3, 0.4) is 0 Å². The van der Waals surface area contributed by atoms with E-state index in [2.05, 4.69) is 61.6 Å². The van der Waals surface area contributed by atoms with Crippen LogP contribution < -0.4 is 5.32 Å². The number of fused-ring (bicyclic) bond motifs is 1. The van der Waals surface area contributed by atoms with Gasteiger partial charge in [-0.1, -0.05) is 50.2 Å². The SMILES string of the molecule is CC1(C)C(O)CC1Nc1cccc2ccccc12. The van der Waals surface area contributed by atoms with E-state index in [0.29, 0.717) is 6.04 Å². The molecule has 2 nitrogen and oxygen atoms in total. The molecule has 2 heteroatoms. The number of benzene rings is 2. The highest BCUT2D eigenvalue weighted by atomic mass is 16.3. The van der Waals surface area contributed by atoms with Crippen LogP contribution in [-0.2, 0) is 0 Å². The average Bonchev–Trinajstić information content (AvgIpc) is 2.39. The fourth-order valence-electron chi connectivity index (χ4n) is 2.69. The third kappa shape index (κ3) is 1.68. The summed E-state index contributed by atoms with van der Waals surface area (Å²) in [5.41, 5.74) is 1.12. The standard InChI is InChI=1S/C16H19NO/c1-16(2)14(10-15(16)18)17-13-9-5-7-11-6-3-4-8-12(11)13/h3-9,14-15,17-18H,10H2,1-2H3. The van der Waals surface area contributed by atoms with Crippen LogP contribution in [0.1, 0.15) is 20.3 Å². The molecule has 0 heterocycles. The third-order valence-corrected chi connectivity index (χ3v) is 4.34. The molecular weight excluding hydrogens is 222 g/mol. The Hall–Kier alpha value is -1.54. The molecule has 2 aromatic carbocycles. The maximum absolute atomic E-state index is 9.80. The van der Waals surface area contributed by atoms with Gasteiger partial charge in [-0.05, 0) is 17.9 Å². The van der Waals surface area contributed by atoms with Gasteiger partial charge in [0.25, 0.3) is 0 Å². The van der Waals surface area contributed by atoms with E-state index in [9.17, 15) is 5.11 Å². The van der Waals surface area contributed by atoms with E-state index in [1.54, 1.807) is 0 Å². The van der Waals surface area contributed by atoms with Gasteiger partial charge in [-0.15, -0.1) is 0 Å². The molecule has 2 atom stereocenters. The van der Waals surface area contributed by atoms with Crippen LogP contribution in [0, 0.1) is 5.41 Å². The van der Waals surface area contributed by atoms with Gasteiger partial charge in [0.15, 0.2) is 0 Å². The number of aliphatic hydroxyl groups excluding tert-OH is 1. The molecule has 0 bridgehead atoms. The molecule has 0 aliphatic heterocycles. The van der Waals surface area contributed by atoms with Crippen LogP contribution in [0.4, 0.5) is 5.69 Å². The van der Waals surface area contributed by atoms with Crippen LogP contribution >= 0.6 is 0 Å². The molecule has 18 heavy (non-hydrogen) atoms. The Morgan fingerprint density at radius 3 is 2.56 bits per heavy atom. The van der Waals surface area contributed by atoms with Gasteiger partial charge in [0.2, 0.25) is 0 Å². The van der Waals surface area contributed by atoms with Crippen molar-refractivity contribution in [1.82, 2.24) is 0 Å². The minimum atomic E-state index is -0.190. The number of hydrogen-bond donors (Lipinski definition) is 2. The second-order valence-electron chi connectivity index (χ2n) is 5.80. The van der Waals surface area contributed by atoms with Crippen LogP contribution in [0.15, 0.2) is 42.5 Å². The first-order valence-corrected chi connectivity index (χ1v) is 6.51. The first kappa shape index (κ1) is 11.5. The molecule has 1 saturated carbocycles. The summed E-state index contributed by atoms with van der Waals surface area (Å²) in [7, 11) is 0. The predicted molar refractivity (Wildman–Crippen MR) is 75.8 cm³/mol. The highest BCUT2D eigenvalue weighted by Gasteiger charge is 2.47. The van der Waals surface area contributed by atoms with Crippen LogP contribution in [-0.4, -0.2) is 17.3 Å². The first-order valence-electron chi connectivity index (χ1n) is 6.51. The van der Waals surface area contributed by atoms with Crippen molar-refractivity contribution in [3.63, 3.8) is 0 Å². The fourth-order valence-corrected chi connectivity index (χ4v) is 2.69. The van der Waals surface area contributed by atoms with Crippen molar-refractivity contribution in [2.75, 3.05) is 5.32 Å². The minimum Gasteiger partial charge on any atom is -0.392 e. The number of rotatable bonds is 2. The Morgan fingerprint density at radius 2 is 1.83 bits per heavy atom. The molecule has 2 aromatic rings. The molecule has 0 spiro atoms. The molecule has 3 rings (SSSR count). The predicted octanol–water partition coefficient (Wildman–Crippen LogP) is 3.41. The van der Waals surface area contributed by atoms with Gasteiger partial charge in [-0.25, -0.2) is 0 Å². The smallest absolute Gasteiger partial charge is 0.0630 e. The molecule has 2 unspecified atom stereocenters. The summed E-state index contributed by atoms with van der Waals surface area (Å²) in [6.45, 7) is 4.23. The van der Waals surface area contributed by atoms with E-state index in [4.69, 9.17) is 0 Å². The van der Waals surface area contributed by atoms with Crippen molar-refractivity contribution in [2.45, 2.75) is 32.4 Å². The second-order valence-corrected chi connectivity index (χ2v) is 5.80. The first-order chi connectivity index (χ1) is 8.59. The summed E-state index contributed by atoms with van der Waals surface area (Å²) in [5, 5.41) is 15.9. The molecular formula is C16H19NO. The van der Waals surface area contributed by atoms with Crippen LogP contribution in [0.25, 0.3) is 10.8 Å². The van der Waals surface area contributed by atoms with Gasteiger partial charge >= 0.3 is 0 Å². The molecule has 1 fully saturated rings. The van der Waals surface area contributed by atoms with E-state index >= 15 is 0 Å². The van der Waals surface area contributed by atoms with E-state index in [0.717, 1.165) is 12.1 Å². The average molecular weight is 241 g/mol. The van der Waals surface area contributed by atoms with Crippen molar-refractivity contribution in [3.05, 3.63) is 42.5 Å². The lowest BCUT2D eigenvalue weighted by Crippen LogP contribution is -2.56. The monoisotopic (exact) mass is 241 g/mol. The summed E-state index contributed by atoms with van der Waals surface area (Å²) in [6.07, 6.45) is 0.640. The largest absolute Gasteiger partial charge is 0.392 e. The zero-order valence-corrected chi connectivity index (χ0v) is 10.9. The van der Waals surface area contributed by atoms with Crippen LogP contribution in [0.5, 0.6) is 0 Å². The number of anilines is 1. The van der Waals surface area contributed by atoms with Gasteiger partial charge in [-0.3, -0.25) is 0 Å². The molecule has 2 N–H and O–H groups in total. The molecule has 0 saturated heterocycles. The molecule has 0 radical (unpaired) electrons. The summed E-state index contributed by atoms with van der Waals surface area (Å²) >= 11 is 0.